The van der Waals surface area contributed by atoms with Gasteiger partial charge >= 0.3 is 0 Å². The molecule has 0 N–H and O–H groups in total. The van der Waals surface area contributed by atoms with Gasteiger partial charge in [-0.05, 0) is 50.2 Å². The maximum absolute atomic E-state index is 13.6. The predicted molar refractivity (Wildman–Crippen MR) is 128 cm³/mol. The largest absolute Gasteiger partial charge is 0.296 e. The van der Waals surface area contributed by atoms with E-state index in [4.69, 9.17) is 4.98 Å². The summed E-state index contributed by atoms with van der Waals surface area (Å²) >= 11 is 3.26. The highest BCUT2D eigenvalue weighted by molar-refractivity contribution is 7.98. The Balaban J connectivity index is 1.37. The summed E-state index contributed by atoms with van der Waals surface area (Å²) < 4.78 is 15.6. The molecule has 4 aromatic rings. The number of halogens is 1. The number of hydrogen-bond donors (Lipinski definition) is 0. The Bertz CT molecular complexity index is 1150. The van der Waals surface area contributed by atoms with E-state index in [1.165, 1.54) is 31.4 Å². The van der Waals surface area contributed by atoms with E-state index in [1.807, 2.05) is 18.2 Å². The summed E-state index contributed by atoms with van der Waals surface area (Å²) in [7, 11) is 0. The Kier molecular flexibility index (Phi) is 6.61. The number of hydrogen-bond acceptors (Lipinski definition) is 6. The lowest BCUT2D eigenvalue weighted by molar-refractivity contribution is 0.214. The van der Waals surface area contributed by atoms with E-state index in [-0.39, 0.29) is 5.82 Å². The Morgan fingerprint density at radius 1 is 0.938 bits per heavy atom. The molecule has 0 aliphatic carbocycles. The van der Waals surface area contributed by atoms with Crippen LogP contribution in [0.4, 0.5) is 4.39 Å². The van der Waals surface area contributed by atoms with Gasteiger partial charge in [0.15, 0.2) is 11.0 Å². The molecule has 5 nitrogen and oxygen atoms in total. The summed E-state index contributed by atoms with van der Waals surface area (Å²) in [6, 6.07) is 16.8. The molecule has 1 fully saturated rings. The molecule has 5 rings (SSSR count). The topological polar surface area (TPSA) is 46.8 Å². The lowest BCUT2D eigenvalue weighted by Crippen LogP contribution is -2.30. The van der Waals surface area contributed by atoms with Gasteiger partial charge in [0.05, 0.1) is 12.2 Å². The number of likely N-dealkylation sites (tertiary alicyclic amines) is 1. The SMILES string of the molecule is Fc1ccc(-n2c(CN3CCCCC3)nnc2SCc2csc(-c3ccccc3)n2)cc1. The highest BCUT2D eigenvalue weighted by Crippen LogP contribution is 2.29. The number of benzene rings is 2. The lowest BCUT2D eigenvalue weighted by Gasteiger charge is -2.26. The molecule has 0 radical (unpaired) electrons. The van der Waals surface area contributed by atoms with Crippen molar-refractivity contribution in [1.82, 2.24) is 24.6 Å². The van der Waals surface area contributed by atoms with Gasteiger partial charge in [0.1, 0.15) is 10.8 Å². The molecular formula is C24H24FN5S2. The Morgan fingerprint density at radius 3 is 2.50 bits per heavy atom. The summed E-state index contributed by atoms with van der Waals surface area (Å²) in [5.41, 5.74) is 3.03. The third kappa shape index (κ3) is 4.92. The predicted octanol–water partition coefficient (Wildman–Crippen LogP) is 5.81. The van der Waals surface area contributed by atoms with Crippen LogP contribution in [0.2, 0.25) is 0 Å². The van der Waals surface area contributed by atoms with Gasteiger partial charge in [0.25, 0.3) is 0 Å². The van der Waals surface area contributed by atoms with Gasteiger partial charge in [0, 0.05) is 22.4 Å². The molecule has 0 amide bonds. The monoisotopic (exact) mass is 465 g/mol. The first kappa shape index (κ1) is 21.3. The number of rotatable bonds is 7. The molecule has 2 aromatic carbocycles. The molecule has 0 saturated carbocycles. The molecular weight excluding hydrogens is 441 g/mol. The molecule has 32 heavy (non-hydrogen) atoms. The van der Waals surface area contributed by atoms with Gasteiger partial charge in [-0.15, -0.1) is 21.5 Å². The van der Waals surface area contributed by atoms with Crippen molar-refractivity contribution in [3.05, 3.63) is 77.3 Å². The fraction of sp³-hybridized carbons (Fsp3) is 0.292. The van der Waals surface area contributed by atoms with Crippen LogP contribution < -0.4 is 0 Å². The molecule has 0 bridgehead atoms. The van der Waals surface area contributed by atoms with Crippen molar-refractivity contribution < 1.29 is 4.39 Å². The molecule has 1 saturated heterocycles. The average Bonchev–Trinajstić information content (AvgIpc) is 3.47. The molecule has 2 aromatic heterocycles. The summed E-state index contributed by atoms with van der Waals surface area (Å²) in [4.78, 5) is 7.22. The van der Waals surface area contributed by atoms with Gasteiger partial charge in [-0.1, -0.05) is 48.5 Å². The summed E-state index contributed by atoms with van der Waals surface area (Å²) in [5.74, 6) is 1.35. The molecule has 0 spiro atoms. The number of nitrogens with zero attached hydrogens (tertiary/aromatic N) is 5. The average molecular weight is 466 g/mol. The van der Waals surface area contributed by atoms with Gasteiger partial charge in [-0.2, -0.15) is 0 Å². The van der Waals surface area contributed by atoms with Crippen LogP contribution in [0.15, 0.2) is 65.1 Å². The van der Waals surface area contributed by atoms with E-state index in [0.29, 0.717) is 5.75 Å². The van der Waals surface area contributed by atoms with E-state index in [1.54, 1.807) is 35.2 Å². The van der Waals surface area contributed by atoms with E-state index >= 15 is 0 Å². The van der Waals surface area contributed by atoms with Crippen molar-refractivity contribution in [2.45, 2.75) is 36.7 Å². The fourth-order valence-corrected chi connectivity index (χ4v) is 5.68. The minimum Gasteiger partial charge on any atom is -0.296 e. The number of thiazole rings is 1. The lowest BCUT2D eigenvalue weighted by atomic mass is 10.1. The van der Waals surface area contributed by atoms with Crippen LogP contribution in [0, 0.1) is 5.82 Å². The van der Waals surface area contributed by atoms with Crippen LogP contribution in [0.25, 0.3) is 16.3 Å². The zero-order chi connectivity index (χ0) is 21.8. The van der Waals surface area contributed by atoms with E-state index < -0.39 is 0 Å². The van der Waals surface area contributed by atoms with E-state index in [2.05, 4.69) is 37.2 Å². The first-order chi connectivity index (χ1) is 15.8. The Labute approximate surface area is 195 Å². The van der Waals surface area contributed by atoms with Gasteiger partial charge in [0.2, 0.25) is 0 Å². The second kappa shape index (κ2) is 9.94. The highest BCUT2D eigenvalue weighted by Gasteiger charge is 2.19. The first-order valence-electron chi connectivity index (χ1n) is 10.8. The molecule has 3 heterocycles. The number of thioether (sulfide) groups is 1. The normalized spacial score (nSPS) is 14.7. The van der Waals surface area contributed by atoms with Crippen LogP contribution in [0.5, 0.6) is 0 Å². The van der Waals surface area contributed by atoms with Gasteiger partial charge < -0.3 is 0 Å². The molecule has 0 atom stereocenters. The van der Waals surface area contributed by atoms with Gasteiger partial charge in [-0.3, -0.25) is 9.47 Å². The van der Waals surface area contributed by atoms with Crippen molar-refractivity contribution in [3.63, 3.8) is 0 Å². The molecule has 0 unspecified atom stereocenters. The number of aromatic nitrogens is 4. The molecule has 1 aliphatic heterocycles. The maximum atomic E-state index is 13.6. The fourth-order valence-electron chi connectivity index (χ4n) is 3.89. The van der Waals surface area contributed by atoms with Crippen LogP contribution in [0.1, 0.15) is 30.8 Å². The van der Waals surface area contributed by atoms with E-state index in [0.717, 1.165) is 52.6 Å². The van der Waals surface area contributed by atoms with Crippen LogP contribution in [-0.2, 0) is 12.3 Å². The van der Waals surface area contributed by atoms with Crippen molar-refractivity contribution in [2.75, 3.05) is 13.1 Å². The van der Waals surface area contributed by atoms with Crippen molar-refractivity contribution in [2.24, 2.45) is 0 Å². The minimum atomic E-state index is -0.246. The van der Waals surface area contributed by atoms with Crippen molar-refractivity contribution in [3.8, 4) is 16.3 Å². The van der Waals surface area contributed by atoms with Crippen molar-refractivity contribution in [1.29, 1.82) is 0 Å². The summed E-state index contributed by atoms with van der Waals surface area (Å²) in [6.45, 7) is 2.92. The summed E-state index contributed by atoms with van der Waals surface area (Å²) in [6.07, 6.45) is 3.74. The zero-order valence-electron chi connectivity index (χ0n) is 17.7. The zero-order valence-corrected chi connectivity index (χ0v) is 19.3. The Morgan fingerprint density at radius 2 is 1.72 bits per heavy atom. The van der Waals surface area contributed by atoms with Crippen molar-refractivity contribution >= 4 is 23.1 Å². The second-order valence-electron chi connectivity index (χ2n) is 7.85. The standard InChI is InChI=1S/C24H24FN5S2/c25-19-9-11-21(12-10-19)30-22(15-29-13-5-2-6-14-29)27-28-24(30)32-17-20-16-31-23(26-20)18-7-3-1-4-8-18/h1,3-4,7-12,16H,2,5-6,13-15,17H2. The first-order valence-corrected chi connectivity index (χ1v) is 12.7. The van der Waals surface area contributed by atoms with Crippen LogP contribution >= 0.6 is 23.1 Å². The third-order valence-electron chi connectivity index (χ3n) is 5.52. The third-order valence-corrected chi connectivity index (χ3v) is 7.42. The molecule has 8 heteroatoms. The second-order valence-corrected chi connectivity index (χ2v) is 9.65. The minimum absolute atomic E-state index is 0.246. The molecule has 164 valence electrons. The number of piperidine rings is 1. The quantitative estimate of drug-likeness (QED) is 0.323. The van der Waals surface area contributed by atoms with Gasteiger partial charge in [-0.25, -0.2) is 9.37 Å². The molecule has 1 aliphatic rings. The maximum Gasteiger partial charge on any atom is 0.196 e. The van der Waals surface area contributed by atoms with Crippen LogP contribution in [0.3, 0.4) is 0 Å². The van der Waals surface area contributed by atoms with E-state index in [9.17, 15) is 4.39 Å². The summed E-state index contributed by atoms with van der Waals surface area (Å²) in [5, 5.41) is 12.9. The Hall–Kier alpha value is -2.55. The van der Waals surface area contributed by atoms with Crippen LogP contribution in [-0.4, -0.2) is 37.7 Å². The smallest absolute Gasteiger partial charge is 0.196 e. The highest BCUT2D eigenvalue weighted by atomic mass is 32.2.